The molecule has 0 radical (unpaired) electrons. The number of fused-ring (bicyclic) bond motifs is 2. The van der Waals surface area contributed by atoms with Crippen molar-refractivity contribution in [3.8, 4) is 11.1 Å². The molecular formula is C27H22BCl2Zr. The van der Waals surface area contributed by atoms with Crippen LogP contribution in [0.4, 0.5) is 0 Å². The summed E-state index contributed by atoms with van der Waals surface area (Å²) in [6.45, 7) is 9.15. The van der Waals surface area contributed by atoms with Crippen LogP contribution in [-0.4, -0.2) is 6.91 Å². The first kappa shape index (κ1) is 24.2. The molecule has 1 aliphatic carbocycles. The van der Waals surface area contributed by atoms with Gasteiger partial charge in [-0.3, -0.25) is 0 Å². The Morgan fingerprint density at radius 3 is 2.23 bits per heavy atom. The van der Waals surface area contributed by atoms with Crippen molar-refractivity contribution < 1.29 is 49.5 Å². The van der Waals surface area contributed by atoms with Gasteiger partial charge in [0, 0.05) is 0 Å². The molecule has 0 aliphatic heterocycles. The van der Waals surface area contributed by atoms with E-state index < -0.39 is 0 Å². The van der Waals surface area contributed by atoms with Gasteiger partial charge in [-0.25, -0.2) is 0 Å². The van der Waals surface area contributed by atoms with Gasteiger partial charge in [0.25, 0.3) is 0 Å². The SMILES string of the molecule is Cc1cc(C)c(-c2c3b[c]([Zr+2])c(C4=CC=CC4)cc3cc3ccccc23)c(C)c1.[Cl-].[Cl-]. The van der Waals surface area contributed by atoms with E-state index in [0.29, 0.717) is 0 Å². The Kier molecular flexibility index (Phi) is 7.47. The van der Waals surface area contributed by atoms with E-state index in [0.717, 1.165) is 6.42 Å². The second-order valence-corrected chi connectivity index (χ2v) is 9.51. The normalized spacial score (nSPS) is 12.5. The molecule has 3 aromatic carbocycles. The predicted molar refractivity (Wildman–Crippen MR) is 124 cm³/mol. The summed E-state index contributed by atoms with van der Waals surface area (Å²) in [7, 11) is 0. The standard InChI is InChI=1S/C27H22B.2ClH.Zr/c1-17-12-18(2)25(19(3)13-17)26-24-11-7-6-10-21(24)14-22-15-23(16-28-27(22)26)20-8-4-5-9-20;;;/h4-8,10-15H,9H2,1-3H3;2*1H;/q;;;+2/p-2. The summed E-state index contributed by atoms with van der Waals surface area (Å²) < 4.78 is 1.44. The minimum Gasteiger partial charge on any atom is -1.00 e. The molecule has 151 valence electrons. The number of aryl methyl sites for hydroxylation is 3. The smallest absolute Gasteiger partial charge is 1.00 e. The number of rotatable bonds is 2. The maximum atomic E-state index is 2.45. The Morgan fingerprint density at radius 1 is 0.839 bits per heavy atom. The maximum absolute atomic E-state index is 2.45. The molecule has 4 heteroatoms. The molecule has 1 heterocycles. The van der Waals surface area contributed by atoms with Gasteiger partial charge >= 0.3 is 189 Å². The Balaban J connectivity index is 0.00000136. The summed E-state index contributed by atoms with van der Waals surface area (Å²) in [5.74, 6) is 0. The van der Waals surface area contributed by atoms with Gasteiger partial charge in [0.1, 0.15) is 0 Å². The van der Waals surface area contributed by atoms with Gasteiger partial charge < -0.3 is 24.8 Å². The number of halogens is 2. The largest absolute Gasteiger partial charge is 1.00 e. The van der Waals surface area contributed by atoms with Crippen molar-refractivity contribution in [2.75, 3.05) is 0 Å². The fourth-order valence-electron chi connectivity index (χ4n) is 4.87. The molecule has 31 heavy (non-hydrogen) atoms. The zero-order valence-electron chi connectivity index (χ0n) is 17.9. The van der Waals surface area contributed by atoms with E-state index in [-0.39, 0.29) is 24.8 Å². The molecule has 0 unspecified atom stereocenters. The van der Waals surface area contributed by atoms with E-state index in [1.54, 1.807) is 0 Å². The molecule has 0 fully saturated rings. The third-order valence-corrected chi connectivity index (χ3v) is 7.06. The molecule has 0 atom stereocenters. The molecular weight excluding hydrogens is 497 g/mol. The van der Waals surface area contributed by atoms with Crippen LogP contribution in [0.2, 0.25) is 0 Å². The molecule has 0 nitrogen and oxygen atoms in total. The molecule has 1 aliphatic rings. The summed E-state index contributed by atoms with van der Waals surface area (Å²) in [5.41, 5.74) is 9.69. The molecule has 4 aromatic rings. The van der Waals surface area contributed by atoms with Crippen molar-refractivity contribution >= 4 is 37.1 Å². The molecule has 0 amide bonds. The quantitative estimate of drug-likeness (QED) is 0.338. The fourth-order valence-corrected chi connectivity index (χ4v) is 5.80. The number of benzene rings is 3. The minimum absolute atomic E-state index is 0. The van der Waals surface area contributed by atoms with E-state index in [2.05, 4.69) is 94.4 Å². The van der Waals surface area contributed by atoms with Crippen LogP contribution in [-0.2, 0) is 24.7 Å². The number of hydrogen-bond acceptors (Lipinski definition) is 0. The van der Waals surface area contributed by atoms with E-state index in [1.807, 2.05) is 0 Å². The van der Waals surface area contributed by atoms with Gasteiger partial charge in [0.15, 0.2) is 0 Å². The summed E-state index contributed by atoms with van der Waals surface area (Å²) >= 11 is 1.47. The zero-order chi connectivity index (χ0) is 20.1. The first-order chi connectivity index (χ1) is 14.0. The van der Waals surface area contributed by atoms with Crippen molar-refractivity contribution in [1.82, 2.24) is 0 Å². The molecule has 0 saturated heterocycles. The average molecular weight is 519 g/mol. The molecule has 0 saturated carbocycles. The summed E-state index contributed by atoms with van der Waals surface area (Å²) in [5, 5.41) is 5.38. The topological polar surface area (TPSA) is 0 Å². The van der Waals surface area contributed by atoms with Crippen LogP contribution in [0.15, 0.2) is 66.8 Å². The van der Waals surface area contributed by atoms with Gasteiger partial charge in [-0.2, -0.15) is 0 Å². The van der Waals surface area contributed by atoms with Crippen LogP contribution >= 0.6 is 0 Å². The summed E-state index contributed by atoms with van der Waals surface area (Å²) in [4.78, 5) is 0. The summed E-state index contributed by atoms with van der Waals surface area (Å²) in [6.07, 6.45) is 7.74. The van der Waals surface area contributed by atoms with Gasteiger partial charge in [0.05, 0.1) is 0 Å². The van der Waals surface area contributed by atoms with Gasteiger partial charge in [-0.15, -0.1) is 0 Å². The second kappa shape index (κ2) is 9.58. The first-order valence-corrected chi connectivity index (χ1v) is 11.4. The molecule has 5 rings (SSSR count). The third kappa shape index (κ3) is 4.28. The molecule has 1 aromatic heterocycles. The number of allylic oxidation sites excluding steroid dienone is 4. The first-order valence-electron chi connectivity index (χ1n) is 10.2. The van der Waals surface area contributed by atoms with E-state index in [1.165, 1.54) is 88.3 Å². The van der Waals surface area contributed by atoms with Crippen LogP contribution in [0, 0.1) is 20.8 Å². The van der Waals surface area contributed by atoms with Gasteiger partial charge in [-0.05, 0) is 0 Å². The van der Waals surface area contributed by atoms with Crippen LogP contribution in [0.5, 0.6) is 0 Å². The Morgan fingerprint density at radius 2 is 1.55 bits per heavy atom. The zero-order valence-corrected chi connectivity index (χ0v) is 21.9. The molecule has 0 N–H and O–H groups in total. The van der Waals surface area contributed by atoms with Crippen LogP contribution in [0.25, 0.3) is 38.1 Å². The number of hydrogen-bond donors (Lipinski definition) is 0. The van der Waals surface area contributed by atoms with Crippen molar-refractivity contribution in [2.45, 2.75) is 27.2 Å². The van der Waals surface area contributed by atoms with E-state index in [4.69, 9.17) is 0 Å². The van der Waals surface area contributed by atoms with Crippen molar-refractivity contribution in [2.24, 2.45) is 0 Å². The van der Waals surface area contributed by atoms with Crippen molar-refractivity contribution in [1.29, 1.82) is 0 Å². The van der Waals surface area contributed by atoms with Gasteiger partial charge in [0.2, 0.25) is 0 Å². The predicted octanol–water partition coefficient (Wildman–Crippen LogP) is 0.447. The second-order valence-electron chi connectivity index (χ2n) is 8.19. The Bertz CT molecular complexity index is 1350. The van der Waals surface area contributed by atoms with Crippen LogP contribution < -0.4 is 28.0 Å². The molecule has 0 bridgehead atoms. The van der Waals surface area contributed by atoms with Crippen molar-refractivity contribution in [3.63, 3.8) is 0 Å². The maximum Gasteiger partial charge on any atom is -1.00 e. The fraction of sp³-hybridized carbons (Fsp3) is 0.148. The summed E-state index contributed by atoms with van der Waals surface area (Å²) in [6, 6.07) is 18.3. The van der Waals surface area contributed by atoms with Crippen LogP contribution in [0.3, 0.4) is 0 Å². The average Bonchev–Trinajstić information content (AvgIpc) is 3.21. The third-order valence-electron chi connectivity index (χ3n) is 6.04. The van der Waals surface area contributed by atoms with Crippen molar-refractivity contribution in [3.05, 3.63) is 89.0 Å². The van der Waals surface area contributed by atoms with Gasteiger partial charge in [-0.1, -0.05) is 0 Å². The molecule has 0 spiro atoms. The van der Waals surface area contributed by atoms with Crippen LogP contribution in [0.1, 0.15) is 28.7 Å². The monoisotopic (exact) mass is 517 g/mol. The van der Waals surface area contributed by atoms with E-state index in [9.17, 15) is 0 Å². The Labute approximate surface area is 212 Å². The van der Waals surface area contributed by atoms with E-state index >= 15 is 0 Å². The minimum atomic E-state index is 0. The Hall–Kier alpha value is -1.46.